The first-order valence-corrected chi connectivity index (χ1v) is 8.80. The van der Waals surface area contributed by atoms with Gasteiger partial charge >= 0.3 is 0 Å². The van der Waals surface area contributed by atoms with E-state index in [1.165, 1.54) is 18.5 Å². The third kappa shape index (κ3) is 3.70. The van der Waals surface area contributed by atoms with Gasteiger partial charge in [-0.1, -0.05) is 18.2 Å². The van der Waals surface area contributed by atoms with Gasteiger partial charge in [0.15, 0.2) is 0 Å². The molecule has 2 aliphatic rings. The first-order valence-electron chi connectivity index (χ1n) is 8.80. The molecule has 2 heterocycles. The summed E-state index contributed by atoms with van der Waals surface area (Å²) in [5, 5.41) is 0. The van der Waals surface area contributed by atoms with Crippen LogP contribution in [0.4, 0.5) is 0 Å². The summed E-state index contributed by atoms with van der Waals surface area (Å²) in [6.45, 7) is 13.2. The number of hydrogen-bond acceptors (Lipinski definition) is 3. The summed E-state index contributed by atoms with van der Waals surface area (Å²) < 4.78 is 5.46. The zero-order chi connectivity index (χ0) is 15.5. The van der Waals surface area contributed by atoms with Gasteiger partial charge in [0.2, 0.25) is 0 Å². The van der Waals surface area contributed by atoms with Gasteiger partial charge in [0, 0.05) is 38.3 Å². The van der Waals surface area contributed by atoms with E-state index < -0.39 is 0 Å². The van der Waals surface area contributed by atoms with Crippen molar-refractivity contribution >= 4 is 0 Å². The molecule has 0 radical (unpaired) electrons. The molecule has 1 atom stereocenters. The number of fused-ring (bicyclic) bond motifs is 1. The average Bonchev–Trinajstić information content (AvgIpc) is 2.55. The predicted molar refractivity (Wildman–Crippen MR) is 91.3 cm³/mol. The van der Waals surface area contributed by atoms with Gasteiger partial charge in [0.1, 0.15) is 0 Å². The van der Waals surface area contributed by atoms with Gasteiger partial charge in [-0.05, 0) is 50.3 Å². The highest BCUT2D eigenvalue weighted by Crippen LogP contribution is 2.23. The molecule has 1 aromatic rings. The minimum absolute atomic E-state index is 0.603. The molecule has 3 rings (SSSR count). The van der Waals surface area contributed by atoms with E-state index in [1.54, 1.807) is 11.1 Å². The molecular formula is C19H30N2O. The lowest BCUT2D eigenvalue weighted by molar-refractivity contribution is 0.0203. The minimum Gasteiger partial charge on any atom is -0.379 e. The van der Waals surface area contributed by atoms with Crippen LogP contribution in [-0.4, -0.2) is 54.7 Å². The fourth-order valence-corrected chi connectivity index (χ4v) is 3.69. The largest absolute Gasteiger partial charge is 0.379 e. The molecule has 1 aromatic carbocycles. The molecule has 0 aromatic heterocycles. The summed E-state index contributed by atoms with van der Waals surface area (Å²) in [6, 6.07) is 8.42. The fraction of sp³-hybridized carbons (Fsp3) is 0.684. The highest BCUT2D eigenvalue weighted by atomic mass is 16.5. The second-order valence-electron chi connectivity index (χ2n) is 7.12. The quantitative estimate of drug-likeness (QED) is 0.850. The fourth-order valence-electron chi connectivity index (χ4n) is 3.69. The van der Waals surface area contributed by atoms with Gasteiger partial charge in [-0.2, -0.15) is 0 Å². The van der Waals surface area contributed by atoms with Gasteiger partial charge in [0.25, 0.3) is 0 Å². The summed E-state index contributed by atoms with van der Waals surface area (Å²) in [6.07, 6.45) is 2.35. The molecular weight excluding hydrogens is 272 g/mol. The maximum Gasteiger partial charge on any atom is 0.0594 e. The molecule has 0 amide bonds. The molecule has 3 nitrogen and oxygen atoms in total. The van der Waals surface area contributed by atoms with Gasteiger partial charge in [-0.15, -0.1) is 0 Å². The Hall–Kier alpha value is -0.900. The molecule has 0 spiro atoms. The molecule has 3 heteroatoms. The van der Waals surface area contributed by atoms with E-state index in [-0.39, 0.29) is 0 Å². The van der Waals surface area contributed by atoms with Crippen molar-refractivity contribution in [3.63, 3.8) is 0 Å². The van der Waals surface area contributed by atoms with Gasteiger partial charge in [-0.3, -0.25) is 9.80 Å². The Morgan fingerprint density at radius 3 is 2.50 bits per heavy atom. The van der Waals surface area contributed by atoms with Crippen molar-refractivity contribution in [3.05, 3.63) is 34.9 Å². The molecule has 0 N–H and O–H groups in total. The average molecular weight is 302 g/mol. The molecule has 0 aliphatic carbocycles. The van der Waals surface area contributed by atoms with Crippen molar-refractivity contribution in [2.24, 2.45) is 0 Å². The third-order valence-corrected chi connectivity index (χ3v) is 5.24. The van der Waals surface area contributed by atoms with Crippen molar-refractivity contribution < 1.29 is 4.74 Å². The summed E-state index contributed by atoms with van der Waals surface area (Å²) >= 11 is 0. The minimum atomic E-state index is 0.603. The van der Waals surface area contributed by atoms with E-state index in [4.69, 9.17) is 4.74 Å². The van der Waals surface area contributed by atoms with Crippen LogP contribution in [0.5, 0.6) is 0 Å². The van der Waals surface area contributed by atoms with Crippen LogP contribution in [0.2, 0.25) is 0 Å². The highest BCUT2D eigenvalue weighted by Gasteiger charge is 2.20. The Kier molecular flexibility index (Phi) is 5.17. The Bertz CT molecular complexity index is 494. The monoisotopic (exact) mass is 302 g/mol. The van der Waals surface area contributed by atoms with E-state index >= 15 is 0 Å². The van der Waals surface area contributed by atoms with Gasteiger partial charge in [-0.25, -0.2) is 0 Å². The molecule has 1 unspecified atom stereocenters. The first kappa shape index (κ1) is 16.0. The van der Waals surface area contributed by atoms with Crippen molar-refractivity contribution in [3.8, 4) is 0 Å². The number of ether oxygens (including phenoxy) is 1. The lowest BCUT2D eigenvalue weighted by Crippen LogP contribution is -2.43. The van der Waals surface area contributed by atoms with Crippen molar-refractivity contribution in [2.75, 3.05) is 32.8 Å². The van der Waals surface area contributed by atoms with Crippen LogP contribution in [0.1, 0.15) is 37.5 Å². The summed E-state index contributed by atoms with van der Waals surface area (Å²) in [7, 11) is 0. The number of rotatable bonds is 4. The normalized spacial score (nSPS) is 21.8. The molecule has 0 saturated carbocycles. The van der Waals surface area contributed by atoms with Crippen LogP contribution in [0.3, 0.4) is 0 Å². The molecule has 122 valence electrons. The zero-order valence-electron chi connectivity index (χ0n) is 14.3. The zero-order valence-corrected chi connectivity index (χ0v) is 14.3. The second-order valence-corrected chi connectivity index (χ2v) is 7.12. The maximum atomic E-state index is 5.46. The number of hydrogen-bond donors (Lipinski definition) is 0. The number of benzene rings is 1. The first-order chi connectivity index (χ1) is 10.6. The Labute approximate surface area is 135 Å². The molecule has 1 saturated heterocycles. The number of morpholine rings is 1. The smallest absolute Gasteiger partial charge is 0.0594 e. The SMILES string of the molecule is CC(C)N1CCc2ccc(CC(C)N3CCOCC3)cc2C1. The molecule has 22 heavy (non-hydrogen) atoms. The highest BCUT2D eigenvalue weighted by molar-refractivity contribution is 5.34. The summed E-state index contributed by atoms with van der Waals surface area (Å²) in [5.74, 6) is 0. The van der Waals surface area contributed by atoms with Crippen LogP contribution in [0.15, 0.2) is 18.2 Å². The maximum absolute atomic E-state index is 5.46. The van der Waals surface area contributed by atoms with E-state index in [1.807, 2.05) is 0 Å². The topological polar surface area (TPSA) is 15.7 Å². The van der Waals surface area contributed by atoms with Crippen LogP contribution in [0, 0.1) is 0 Å². The van der Waals surface area contributed by atoms with Gasteiger partial charge < -0.3 is 4.74 Å². The van der Waals surface area contributed by atoms with Crippen LogP contribution < -0.4 is 0 Å². The van der Waals surface area contributed by atoms with E-state index in [2.05, 4.69) is 48.8 Å². The van der Waals surface area contributed by atoms with Crippen molar-refractivity contribution in [1.29, 1.82) is 0 Å². The van der Waals surface area contributed by atoms with Crippen molar-refractivity contribution in [1.82, 2.24) is 9.80 Å². The van der Waals surface area contributed by atoms with E-state index in [0.29, 0.717) is 12.1 Å². The molecule has 0 bridgehead atoms. The number of nitrogens with zero attached hydrogens (tertiary/aromatic N) is 2. The Morgan fingerprint density at radius 2 is 1.77 bits per heavy atom. The summed E-state index contributed by atoms with van der Waals surface area (Å²) in [4.78, 5) is 5.14. The van der Waals surface area contributed by atoms with Crippen molar-refractivity contribution in [2.45, 2.75) is 52.2 Å². The lowest BCUT2D eigenvalue weighted by atomic mass is 9.94. The molecule has 1 fully saturated rings. The third-order valence-electron chi connectivity index (χ3n) is 5.24. The van der Waals surface area contributed by atoms with Crippen LogP contribution >= 0.6 is 0 Å². The molecule has 2 aliphatic heterocycles. The Morgan fingerprint density at radius 1 is 1.00 bits per heavy atom. The standard InChI is InChI=1S/C19H30N2O/c1-15(2)21-7-6-18-5-4-17(13-19(18)14-21)12-16(3)20-8-10-22-11-9-20/h4-5,13,15-16H,6-12,14H2,1-3H3. The van der Waals surface area contributed by atoms with E-state index in [0.717, 1.165) is 39.3 Å². The van der Waals surface area contributed by atoms with E-state index in [9.17, 15) is 0 Å². The lowest BCUT2D eigenvalue weighted by Gasteiger charge is -2.34. The Balaban J connectivity index is 1.66. The van der Waals surface area contributed by atoms with Crippen LogP contribution in [0.25, 0.3) is 0 Å². The second kappa shape index (κ2) is 7.12. The summed E-state index contributed by atoms with van der Waals surface area (Å²) in [5.41, 5.74) is 4.59. The van der Waals surface area contributed by atoms with Gasteiger partial charge in [0.05, 0.1) is 13.2 Å². The predicted octanol–water partition coefficient (Wildman–Crippen LogP) is 2.72. The van der Waals surface area contributed by atoms with Crippen LogP contribution in [-0.2, 0) is 24.1 Å².